The van der Waals surface area contributed by atoms with Crippen LogP contribution in [0.2, 0.25) is 0 Å². The fourth-order valence-corrected chi connectivity index (χ4v) is 6.74. The van der Waals surface area contributed by atoms with Crippen LogP contribution in [0.25, 0.3) is 0 Å². The number of carbonyl (C=O) groups is 2. The number of ether oxygens (including phenoxy) is 2. The topological polar surface area (TPSA) is 111 Å². The number of nitrogens with one attached hydrogen (secondary N) is 2. The quantitative estimate of drug-likeness (QED) is 0.546. The van der Waals surface area contributed by atoms with Crippen molar-refractivity contribution < 1.29 is 27.5 Å². The van der Waals surface area contributed by atoms with Crippen LogP contribution >= 0.6 is 11.3 Å². The van der Waals surface area contributed by atoms with E-state index < -0.39 is 16.0 Å². The molecule has 4 rings (SSSR count). The maximum atomic E-state index is 13.1. The normalized spacial score (nSPS) is 17.9. The minimum Gasteiger partial charge on any atom is -0.462 e. The number of anilines is 1. The maximum Gasteiger partial charge on any atom is 0.338 e. The van der Waals surface area contributed by atoms with Gasteiger partial charge < -0.3 is 14.8 Å². The molecule has 1 aromatic heterocycles. The third-order valence-corrected chi connectivity index (χ3v) is 8.52. The van der Waals surface area contributed by atoms with Gasteiger partial charge in [0.15, 0.2) is 0 Å². The highest BCUT2D eigenvalue weighted by molar-refractivity contribution is 7.93. The van der Waals surface area contributed by atoms with Crippen LogP contribution in [0.4, 0.5) is 5.00 Å². The van der Waals surface area contributed by atoms with Gasteiger partial charge >= 0.3 is 5.97 Å². The Morgan fingerprint density at radius 2 is 1.91 bits per heavy atom. The number of hydrogen-bond acceptors (Lipinski definition) is 7. The predicted molar refractivity (Wildman–Crippen MR) is 125 cm³/mol. The van der Waals surface area contributed by atoms with Gasteiger partial charge in [-0.2, -0.15) is 0 Å². The molecular weight excluding hydrogens is 464 g/mol. The number of hydrogen-bond donors (Lipinski definition) is 2. The smallest absolute Gasteiger partial charge is 0.338 e. The molecule has 178 valence electrons. The Morgan fingerprint density at radius 1 is 1.15 bits per heavy atom. The van der Waals surface area contributed by atoms with Gasteiger partial charge in [0.25, 0.3) is 15.9 Å². The number of carbonyl (C=O) groups excluding carboxylic acids is 2. The van der Waals surface area contributed by atoms with Crippen molar-refractivity contribution in [2.45, 2.75) is 56.4 Å². The number of fused-ring (bicyclic) bond motifs is 1. The molecule has 0 unspecified atom stereocenters. The predicted octanol–water partition coefficient (Wildman–Crippen LogP) is 3.51. The molecule has 8 nitrogen and oxygen atoms in total. The van der Waals surface area contributed by atoms with E-state index in [4.69, 9.17) is 9.47 Å². The fourth-order valence-electron chi connectivity index (χ4n) is 4.14. The highest BCUT2D eigenvalue weighted by atomic mass is 32.2. The number of benzene rings is 1. The average Bonchev–Trinajstić information content (AvgIpc) is 3.45. The lowest BCUT2D eigenvalue weighted by Crippen LogP contribution is -2.32. The van der Waals surface area contributed by atoms with E-state index in [0.29, 0.717) is 23.7 Å². The average molecular weight is 493 g/mol. The molecule has 1 atom stereocenters. The van der Waals surface area contributed by atoms with Crippen LogP contribution < -0.4 is 10.0 Å². The lowest BCUT2D eigenvalue weighted by molar-refractivity contribution is 0.0526. The van der Waals surface area contributed by atoms with E-state index in [9.17, 15) is 18.0 Å². The lowest BCUT2D eigenvalue weighted by atomic mass is 9.95. The molecule has 1 aromatic carbocycles. The van der Waals surface area contributed by atoms with Crippen LogP contribution in [-0.2, 0) is 32.3 Å². The summed E-state index contributed by atoms with van der Waals surface area (Å²) in [6.45, 7) is 3.05. The third-order valence-electron chi connectivity index (χ3n) is 5.82. The highest BCUT2D eigenvalue weighted by Crippen LogP contribution is 2.39. The SMILES string of the molecule is CCOC(=O)c1ccc(S(=O)(=O)Nc2sc3c(c2C(=O)NC[C@@H]2CCCO2)CCCC3)cc1. The zero-order valence-electron chi connectivity index (χ0n) is 18.5. The number of thiophene rings is 1. The fraction of sp³-hybridized carbons (Fsp3) is 0.478. The Kier molecular flexibility index (Phi) is 7.35. The van der Waals surface area contributed by atoms with Gasteiger partial charge in [0.1, 0.15) is 5.00 Å². The molecule has 33 heavy (non-hydrogen) atoms. The first-order valence-corrected chi connectivity index (χ1v) is 13.5. The molecule has 1 amide bonds. The van der Waals surface area contributed by atoms with E-state index in [0.717, 1.165) is 49.0 Å². The summed E-state index contributed by atoms with van der Waals surface area (Å²) in [6, 6.07) is 5.56. The molecule has 1 saturated heterocycles. The Morgan fingerprint density at radius 3 is 2.61 bits per heavy atom. The van der Waals surface area contributed by atoms with Gasteiger partial charge in [-0.1, -0.05) is 0 Å². The Labute approximate surface area is 197 Å². The summed E-state index contributed by atoms with van der Waals surface area (Å²) in [5.74, 6) is -0.786. The largest absolute Gasteiger partial charge is 0.462 e. The number of sulfonamides is 1. The lowest BCUT2D eigenvalue weighted by Gasteiger charge is -2.15. The Hall–Kier alpha value is -2.43. The van der Waals surface area contributed by atoms with Crippen molar-refractivity contribution in [1.82, 2.24) is 5.32 Å². The molecule has 0 saturated carbocycles. The van der Waals surface area contributed by atoms with Crippen molar-refractivity contribution >= 4 is 38.2 Å². The molecule has 2 N–H and O–H groups in total. The van der Waals surface area contributed by atoms with Gasteiger partial charge in [-0.25, -0.2) is 13.2 Å². The Balaban J connectivity index is 1.57. The number of amides is 1. The first kappa shape index (κ1) is 23.7. The number of esters is 1. The summed E-state index contributed by atoms with van der Waals surface area (Å²) in [6.07, 6.45) is 5.47. The van der Waals surface area contributed by atoms with Gasteiger partial charge in [-0.15, -0.1) is 11.3 Å². The van der Waals surface area contributed by atoms with Gasteiger partial charge in [0, 0.05) is 18.0 Å². The Bertz CT molecular complexity index is 1120. The molecule has 2 heterocycles. The molecule has 1 aliphatic heterocycles. The molecule has 0 spiro atoms. The second kappa shape index (κ2) is 10.2. The third kappa shape index (κ3) is 5.39. The van der Waals surface area contributed by atoms with Crippen LogP contribution in [-0.4, -0.2) is 46.2 Å². The van der Waals surface area contributed by atoms with Crippen molar-refractivity contribution in [3.8, 4) is 0 Å². The molecule has 2 aromatic rings. The van der Waals surface area contributed by atoms with E-state index in [1.165, 1.54) is 35.6 Å². The van der Waals surface area contributed by atoms with E-state index in [2.05, 4.69) is 10.0 Å². The van der Waals surface area contributed by atoms with Crippen molar-refractivity contribution in [3.05, 3.63) is 45.8 Å². The van der Waals surface area contributed by atoms with Crippen LogP contribution in [0.3, 0.4) is 0 Å². The first-order valence-electron chi connectivity index (χ1n) is 11.2. The number of aryl methyl sites for hydroxylation is 1. The van der Waals surface area contributed by atoms with Gasteiger partial charge in [-0.3, -0.25) is 9.52 Å². The molecule has 1 aliphatic carbocycles. The second-order valence-corrected chi connectivity index (χ2v) is 10.9. The number of rotatable bonds is 8. The minimum absolute atomic E-state index is 0.00136. The zero-order valence-corrected chi connectivity index (χ0v) is 20.1. The molecule has 10 heteroatoms. The summed E-state index contributed by atoms with van der Waals surface area (Å²) in [5, 5.41) is 3.27. The highest BCUT2D eigenvalue weighted by Gasteiger charge is 2.29. The molecule has 2 aliphatic rings. The van der Waals surface area contributed by atoms with Crippen molar-refractivity contribution in [2.24, 2.45) is 0 Å². The van der Waals surface area contributed by atoms with Crippen molar-refractivity contribution in [1.29, 1.82) is 0 Å². The summed E-state index contributed by atoms with van der Waals surface area (Å²) >= 11 is 1.33. The molecule has 0 radical (unpaired) electrons. The van der Waals surface area contributed by atoms with Crippen LogP contribution in [0.1, 0.15) is 63.8 Å². The van der Waals surface area contributed by atoms with Crippen molar-refractivity contribution in [2.75, 3.05) is 24.5 Å². The van der Waals surface area contributed by atoms with Crippen LogP contribution in [0.5, 0.6) is 0 Å². The maximum absolute atomic E-state index is 13.1. The first-order chi connectivity index (χ1) is 15.9. The molecular formula is C23H28N2O6S2. The minimum atomic E-state index is -3.95. The zero-order chi connectivity index (χ0) is 23.4. The molecule has 0 bridgehead atoms. The van der Waals surface area contributed by atoms with Crippen molar-refractivity contribution in [3.63, 3.8) is 0 Å². The monoisotopic (exact) mass is 492 g/mol. The van der Waals surface area contributed by atoms with Crippen LogP contribution in [0, 0.1) is 0 Å². The summed E-state index contributed by atoms with van der Waals surface area (Å²) in [4.78, 5) is 26.0. The molecule has 1 fully saturated rings. The standard InChI is InChI=1S/C23H28N2O6S2/c1-2-30-23(27)15-9-11-17(12-10-15)33(28,29)25-22-20(18-7-3-4-8-19(18)32-22)21(26)24-14-16-6-5-13-31-16/h9-12,16,25H,2-8,13-14H2,1H3,(H,24,26)/t16-/m0/s1. The van der Waals surface area contributed by atoms with E-state index in [-0.39, 0.29) is 29.1 Å². The van der Waals surface area contributed by atoms with Crippen LogP contribution in [0.15, 0.2) is 29.2 Å². The van der Waals surface area contributed by atoms with E-state index >= 15 is 0 Å². The van der Waals surface area contributed by atoms with Gasteiger partial charge in [-0.05, 0) is 75.3 Å². The summed E-state index contributed by atoms with van der Waals surface area (Å²) in [5.41, 5.74) is 1.63. The second-order valence-electron chi connectivity index (χ2n) is 8.11. The summed E-state index contributed by atoms with van der Waals surface area (Å²) < 4.78 is 39.3. The van der Waals surface area contributed by atoms with Gasteiger partial charge in [0.05, 0.1) is 28.7 Å². The van der Waals surface area contributed by atoms with E-state index in [1.807, 2.05) is 0 Å². The summed E-state index contributed by atoms with van der Waals surface area (Å²) in [7, 11) is -3.95. The van der Waals surface area contributed by atoms with Gasteiger partial charge in [0.2, 0.25) is 0 Å². The van der Waals surface area contributed by atoms with E-state index in [1.54, 1.807) is 6.92 Å².